The van der Waals surface area contributed by atoms with Gasteiger partial charge in [-0.1, -0.05) is 0 Å². The lowest BCUT2D eigenvalue weighted by Gasteiger charge is -2.37. The van der Waals surface area contributed by atoms with Crippen LogP contribution in [0.2, 0.25) is 0 Å². The maximum absolute atomic E-state index is 13.4. The van der Waals surface area contributed by atoms with Crippen molar-refractivity contribution in [2.45, 2.75) is 29.9 Å². The van der Waals surface area contributed by atoms with Crippen molar-refractivity contribution in [2.24, 2.45) is 0 Å². The molecule has 1 rings (SSSR count). The minimum Gasteiger partial charge on any atom is -0.251 e. The van der Waals surface area contributed by atoms with Crippen LogP contribution in [-0.4, -0.2) is 28.9 Å². The molecule has 131 valence electrons. The number of pyridine rings is 1. The van der Waals surface area contributed by atoms with Crippen LogP contribution in [0.4, 0.5) is 52.7 Å². The number of nitrogens with zero attached hydrogens (tertiary/aromatic N) is 1. The second kappa shape index (κ2) is 5.16. The Kier molecular flexibility index (Phi) is 4.34. The third-order valence-electron chi connectivity index (χ3n) is 2.56. The molecule has 1 aromatic rings. The van der Waals surface area contributed by atoms with Crippen molar-refractivity contribution in [3.63, 3.8) is 0 Å². The van der Waals surface area contributed by atoms with E-state index in [1.807, 2.05) is 0 Å². The lowest BCUT2D eigenvalue weighted by Crippen LogP contribution is -2.65. The molecule has 0 aliphatic heterocycles. The second-order valence-corrected chi connectivity index (χ2v) is 4.11. The van der Waals surface area contributed by atoms with Crippen LogP contribution in [-0.2, 0) is 5.92 Å². The summed E-state index contributed by atoms with van der Waals surface area (Å²) in [6.07, 6.45) is -6.30. The molecule has 0 saturated heterocycles. The quantitative estimate of drug-likeness (QED) is 0.713. The van der Waals surface area contributed by atoms with Crippen LogP contribution >= 0.6 is 0 Å². The molecule has 1 nitrogen and oxygen atoms in total. The molecular weight excluding hydrogens is 362 g/mol. The first-order valence-corrected chi connectivity index (χ1v) is 5.12. The number of rotatable bonds is 4. The molecule has 1 heterocycles. The highest BCUT2D eigenvalue weighted by Gasteiger charge is 2.87. The van der Waals surface area contributed by atoms with E-state index in [0.29, 0.717) is 0 Å². The van der Waals surface area contributed by atoms with Crippen molar-refractivity contribution >= 4 is 0 Å². The Morgan fingerprint density at radius 2 is 1.22 bits per heavy atom. The number of halogens is 12. The molecule has 0 unspecified atom stereocenters. The largest absolute Gasteiger partial charge is 0.460 e. The van der Waals surface area contributed by atoms with Gasteiger partial charge in [-0.2, -0.15) is 48.3 Å². The summed E-state index contributed by atoms with van der Waals surface area (Å²) >= 11 is 0. The van der Waals surface area contributed by atoms with E-state index in [2.05, 4.69) is 4.98 Å². The summed E-state index contributed by atoms with van der Waals surface area (Å²) in [5, 5.41) is 0. The first-order valence-electron chi connectivity index (χ1n) is 5.12. The van der Waals surface area contributed by atoms with E-state index in [1.165, 1.54) is 6.20 Å². The third kappa shape index (κ3) is 2.69. The summed E-state index contributed by atoms with van der Waals surface area (Å²) in [7, 11) is 0. The standard InChI is InChI=1S/C10H2F12N/c11-5-1-4(2-23-3-5)6(12,13)7(14,15)8(16,17)9(18,19)10(20,21)22/h1-2H. The average molecular weight is 364 g/mol. The molecule has 0 aliphatic rings. The second-order valence-electron chi connectivity index (χ2n) is 4.11. The van der Waals surface area contributed by atoms with Crippen LogP contribution in [0.1, 0.15) is 5.56 Å². The molecule has 0 bridgehead atoms. The fourth-order valence-corrected chi connectivity index (χ4v) is 1.29. The number of aromatic nitrogens is 1. The Bertz CT molecular complexity index is 575. The predicted molar refractivity (Wildman–Crippen MR) is 47.8 cm³/mol. The fourth-order valence-electron chi connectivity index (χ4n) is 1.29. The molecule has 0 aromatic carbocycles. The van der Waals surface area contributed by atoms with E-state index in [1.54, 1.807) is 0 Å². The van der Waals surface area contributed by atoms with Crippen molar-refractivity contribution in [3.8, 4) is 0 Å². The molecule has 13 heteroatoms. The van der Waals surface area contributed by atoms with Gasteiger partial charge in [-0.3, -0.25) is 4.98 Å². The van der Waals surface area contributed by atoms with Crippen LogP contribution < -0.4 is 0 Å². The molecular formula is C10H2F12N. The van der Waals surface area contributed by atoms with Gasteiger partial charge in [-0.25, -0.2) is 4.39 Å². The van der Waals surface area contributed by atoms with Crippen LogP contribution in [0.15, 0.2) is 12.3 Å². The molecule has 0 atom stereocenters. The normalized spacial score (nSPS) is 15.0. The summed E-state index contributed by atoms with van der Waals surface area (Å²) in [6.45, 7) is 0. The number of hydrogen-bond donors (Lipinski definition) is 0. The van der Waals surface area contributed by atoms with Crippen molar-refractivity contribution in [1.82, 2.24) is 4.98 Å². The van der Waals surface area contributed by atoms with Gasteiger partial charge in [0.25, 0.3) is 0 Å². The van der Waals surface area contributed by atoms with E-state index in [4.69, 9.17) is 0 Å². The lowest BCUT2D eigenvalue weighted by molar-refractivity contribution is -0.424. The van der Waals surface area contributed by atoms with Crippen molar-refractivity contribution in [1.29, 1.82) is 0 Å². The van der Waals surface area contributed by atoms with Gasteiger partial charge in [-0.15, -0.1) is 0 Å². The van der Waals surface area contributed by atoms with E-state index in [0.717, 1.165) is 0 Å². The van der Waals surface area contributed by atoms with E-state index in [9.17, 15) is 52.7 Å². The lowest BCUT2D eigenvalue weighted by atomic mass is 9.94. The SMILES string of the molecule is Fc1[c]ncc(C(F)(F)C(F)(F)C(F)(F)C(F)(F)C(F)(F)F)c1. The highest BCUT2D eigenvalue weighted by molar-refractivity contribution is 5.22. The van der Waals surface area contributed by atoms with Gasteiger partial charge in [0.1, 0.15) is 6.20 Å². The van der Waals surface area contributed by atoms with E-state index in [-0.39, 0.29) is 6.20 Å². The maximum atomic E-state index is 13.4. The number of alkyl halides is 11. The molecule has 0 fully saturated rings. The minimum absolute atomic E-state index is 0.335. The molecule has 0 aliphatic carbocycles. The molecule has 0 saturated carbocycles. The third-order valence-corrected chi connectivity index (χ3v) is 2.56. The summed E-state index contributed by atoms with van der Waals surface area (Å²) < 4.78 is 152. The zero-order valence-electron chi connectivity index (χ0n) is 10.1. The van der Waals surface area contributed by atoms with Crippen LogP contribution in [0.5, 0.6) is 0 Å². The van der Waals surface area contributed by atoms with Crippen LogP contribution in [0.3, 0.4) is 0 Å². The monoisotopic (exact) mass is 364 g/mol. The molecule has 1 radical (unpaired) electrons. The fraction of sp³-hybridized carbons (Fsp3) is 0.500. The smallest absolute Gasteiger partial charge is 0.251 e. The summed E-state index contributed by atoms with van der Waals surface area (Å²) in [5.74, 6) is -30.4. The van der Waals surface area contributed by atoms with Gasteiger partial charge in [0, 0.05) is 11.8 Å². The van der Waals surface area contributed by atoms with Gasteiger partial charge >= 0.3 is 29.9 Å². The van der Waals surface area contributed by atoms with Gasteiger partial charge in [-0.05, 0) is 6.07 Å². The topological polar surface area (TPSA) is 12.9 Å². The van der Waals surface area contributed by atoms with Gasteiger partial charge in [0.15, 0.2) is 5.82 Å². The molecule has 1 aromatic heterocycles. The Balaban J connectivity index is 3.49. The molecule has 0 spiro atoms. The first-order chi connectivity index (χ1) is 10.00. The van der Waals surface area contributed by atoms with Gasteiger partial charge in [0.2, 0.25) is 0 Å². The van der Waals surface area contributed by atoms with Crippen LogP contribution in [0.25, 0.3) is 0 Å². The zero-order chi connectivity index (χ0) is 18.5. The highest BCUT2D eigenvalue weighted by Crippen LogP contribution is 2.59. The zero-order valence-corrected chi connectivity index (χ0v) is 10.1. The van der Waals surface area contributed by atoms with E-state index >= 15 is 0 Å². The maximum Gasteiger partial charge on any atom is 0.460 e. The summed E-state index contributed by atoms with van der Waals surface area (Å²) in [5.41, 5.74) is -2.34. The average Bonchev–Trinajstić information content (AvgIpc) is 2.36. The molecule has 0 N–H and O–H groups in total. The van der Waals surface area contributed by atoms with Gasteiger partial charge < -0.3 is 0 Å². The summed E-state index contributed by atoms with van der Waals surface area (Å²) in [6, 6.07) is -0.511. The minimum atomic E-state index is -7.54. The highest BCUT2D eigenvalue weighted by atomic mass is 19.4. The van der Waals surface area contributed by atoms with Crippen molar-refractivity contribution < 1.29 is 52.7 Å². The van der Waals surface area contributed by atoms with Gasteiger partial charge in [0.05, 0.1) is 0 Å². The Hall–Kier alpha value is -1.69. The van der Waals surface area contributed by atoms with Crippen molar-refractivity contribution in [2.75, 3.05) is 0 Å². The Morgan fingerprint density at radius 1 is 0.739 bits per heavy atom. The number of hydrogen-bond acceptors (Lipinski definition) is 1. The van der Waals surface area contributed by atoms with E-state index < -0.39 is 47.3 Å². The Labute approximate surface area is 118 Å². The predicted octanol–water partition coefficient (Wildman–Crippen LogP) is 4.58. The molecule has 23 heavy (non-hydrogen) atoms. The summed E-state index contributed by atoms with van der Waals surface area (Å²) in [4.78, 5) is 2.49. The van der Waals surface area contributed by atoms with Crippen LogP contribution in [0, 0.1) is 12.0 Å². The van der Waals surface area contributed by atoms with Crippen molar-refractivity contribution in [3.05, 3.63) is 29.8 Å². The first kappa shape index (κ1) is 19.4. The molecule has 0 amide bonds. The Morgan fingerprint density at radius 3 is 1.61 bits per heavy atom.